The highest BCUT2D eigenvalue weighted by molar-refractivity contribution is 5.94. The molecule has 0 saturated heterocycles. The molecule has 4 nitrogen and oxygen atoms in total. The van der Waals surface area contributed by atoms with Crippen molar-refractivity contribution in [3.8, 4) is 0 Å². The molecule has 1 aliphatic heterocycles. The van der Waals surface area contributed by atoms with E-state index in [2.05, 4.69) is 4.99 Å². The van der Waals surface area contributed by atoms with Gasteiger partial charge in [-0.25, -0.2) is 0 Å². The molecule has 0 aromatic carbocycles. The van der Waals surface area contributed by atoms with Crippen molar-refractivity contribution in [3.05, 3.63) is 0 Å². The minimum Gasteiger partial charge on any atom is -0.481 e. The van der Waals surface area contributed by atoms with Gasteiger partial charge in [0.1, 0.15) is 12.5 Å². The molecule has 1 aliphatic rings. The predicted octanol–water partition coefficient (Wildman–Crippen LogP) is 0.278. The number of ether oxygens (including phenoxy) is 1. The van der Waals surface area contributed by atoms with Crippen molar-refractivity contribution in [3.63, 3.8) is 0 Å². The van der Waals surface area contributed by atoms with Gasteiger partial charge in [0, 0.05) is 0 Å². The van der Waals surface area contributed by atoms with Gasteiger partial charge in [-0.3, -0.25) is 9.79 Å². The molecule has 0 radical (unpaired) electrons. The Morgan fingerprint density at radius 3 is 3.10 bits per heavy atom. The first-order chi connectivity index (χ1) is 4.68. The molecule has 0 saturated carbocycles. The second-order valence-electron chi connectivity index (χ2n) is 2.23. The van der Waals surface area contributed by atoms with Crippen molar-refractivity contribution in [1.82, 2.24) is 0 Å². The number of nitrogens with zero attached hydrogens (tertiary/aromatic N) is 1. The third-order valence-corrected chi connectivity index (χ3v) is 1.16. The minimum absolute atomic E-state index is 0.0503. The lowest BCUT2D eigenvalue weighted by Crippen LogP contribution is -2.11. The van der Waals surface area contributed by atoms with Crippen molar-refractivity contribution < 1.29 is 14.6 Å². The standard InChI is InChI=1S/C6H9NO3/c1-4-3-7-5(10-4)2-6(8)9/h4H,2-3H2,1H3,(H,8,9). The Kier molecular flexibility index (Phi) is 1.89. The van der Waals surface area contributed by atoms with Crippen molar-refractivity contribution in [2.24, 2.45) is 4.99 Å². The zero-order chi connectivity index (χ0) is 7.56. The fraction of sp³-hybridized carbons (Fsp3) is 0.667. The highest BCUT2D eigenvalue weighted by Gasteiger charge is 2.16. The van der Waals surface area contributed by atoms with Crippen molar-refractivity contribution >= 4 is 11.9 Å². The first-order valence-corrected chi connectivity index (χ1v) is 3.10. The molecule has 1 unspecified atom stereocenters. The Labute approximate surface area is 58.5 Å². The lowest BCUT2D eigenvalue weighted by molar-refractivity contribution is -0.135. The van der Waals surface area contributed by atoms with Crippen molar-refractivity contribution in [2.45, 2.75) is 19.4 Å². The summed E-state index contributed by atoms with van der Waals surface area (Å²) in [6, 6.07) is 0. The van der Waals surface area contributed by atoms with Gasteiger partial charge in [0.2, 0.25) is 0 Å². The maximum atomic E-state index is 10.1. The van der Waals surface area contributed by atoms with Crippen LogP contribution in [0.5, 0.6) is 0 Å². The van der Waals surface area contributed by atoms with E-state index in [1.807, 2.05) is 6.92 Å². The molecule has 1 rings (SSSR count). The average molecular weight is 143 g/mol. The van der Waals surface area contributed by atoms with Gasteiger partial charge < -0.3 is 9.84 Å². The highest BCUT2D eigenvalue weighted by Crippen LogP contribution is 2.05. The van der Waals surface area contributed by atoms with Crippen LogP contribution in [0.4, 0.5) is 0 Å². The number of carbonyl (C=O) groups is 1. The Morgan fingerprint density at radius 1 is 2.00 bits per heavy atom. The van der Waals surface area contributed by atoms with E-state index in [1.165, 1.54) is 0 Å². The third-order valence-electron chi connectivity index (χ3n) is 1.16. The summed E-state index contributed by atoms with van der Waals surface area (Å²) in [6.45, 7) is 2.45. The molecule has 56 valence electrons. The van der Waals surface area contributed by atoms with E-state index < -0.39 is 5.97 Å². The summed E-state index contributed by atoms with van der Waals surface area (Å²) in [5.41, 5.74) is 0. The average Bonchev–Trinajstić information content (AvgIpc) is 2.13. The summed E-state index contributed by atoms with van der Waals surface area (Å²) in [4.78, 5) is 14.0. The second-order valence-corrected chi connectivity index (χ2v) is 2.23. The molecule has 10 heavy (non-hydrogen) atoms. The molecular formula is C6H9NO3. The Morgan fingerprint density at radius 2 is 2.70 bits per heavy atom. The van der Waals surface area contributed by atoms with E-state index in [0.717, 1.165) is 0 Å². The molecule has 0 aliphatic carbocycles. The van der Waals surface area contributed by atoms with Crippen LogP contribution in [0.2, 0.25) is 0 Å². The molecule has 0 fully saturated rings. The third kappa shape index (κ3) is 1.72. The van der Waals surface area contributed by atoms with Crippen LogP contribution in [0.1, 0.15) is 13.3 Å². The highest BCUT2D eigenvalue weighted by atomic mass is 16.5. The van der Waals surface area contributed by atoms with Crippen molar-refractivity contribution in [2.75, 3.05) is 6.54 Å². The fourth-order valence-electron chi connectivity index (χ4n) is 0.764. The van der Waals surface area contributed by atoms with Crippen LogP contribution in [-0.2, 0) is 9.53 Å². The van der Waals surface area contributed by atoms with Crippen LogP contribution in [0.25, 0.3) is 0 Å². The summed E-state index contributed by atoms with van der Waals surface area (Å²) >= 11 is 0. The number of rotatable bonds is 2. The molecule has 1 N–H and O–H groups in total. The summed E-state index contributed by atoms with van der Waals surface area (Å²) in [5, 5.41) is 8.30. The van der Waals surface area contributed by atoms with Gasteiger partial charge in [0.25, 0.3) is 0 Å². The molecule has 1 heterocycles. The van der Waals surface area contributed by atoms with Gasteiger partial charge in [-0.2, -0.15) is 0 Å². The molecule has 0 spiro atoms. The van der Waals surface area contributed by atoms with Gasteiger partial charge in [-0.05, 0) is 6.92 Å². The van der Waals surface area contributed by atoms with Crippen LogP contribution >= 0.6 is 0 Å². The van der Waals surface area contributed by atoms with Crippen LogP contribution in [0.3, 0.4) is 0 Å². The molecule has 4 heteroatoms. The SMILES string of the molecule is CC1CN=C(CC(=O)O)O1. The molecule has 1 atom stereocenters. The van der Waals surface area contributed by atoms with Crippen LogP contribution in [0, 0.1) is 0 Å². The summed E-state index contributed by atoms with van der Waals surface area (Å²) in [5.74, 6) is -0.548. The van der Waals surface area contributed by atoms with E-state index >= 15 is 0 Å². The van der Waals surface area contributed by atoms with Gasteiger partial charge in [0.15, 0.2) is 5.90 Å². The number of aliphatic carboxylic acids is 1. The largest absolute Gasteiger partial charge is 0.481 e. The normalized spacial score (nSPS) is 23.7. The van der Waals surface area contributed by atoms with E-state index in [9.17, 15) is 4.79 Å². The van der Waals surface area contributed by atoms with E-state index in [0.29, 0.717) is 12.4 Å². The number of carboxylic acid groups (broad SMARTS) is 1. The molecule has 0 bridgehead atoms. The lowest BCUT2D eigenvalue weighted by atomic mass is 10.4. The van der Waals surface area contributed by atoms with Crippen LogP contribution in [-0.4, -0.2) is 29.6 Å². The van der Waals surface area contributed by atoms with Gasteiger partial charge in [-0.15, -0.1) is 0 Å². The number of carboxylic acids is 1. The predicted molar refractivity (Wildman–Crippen MR) is 35.1 cm³/mol. The Bertz CT molecular complexity index is 176. The van der Waals surface area contributed by atoms with E-state index in [4.69, 9.17) is 9.84 Å². The number of hydrogen-bond donors (Lipinski definition) is 1. The fourth-order valence-corrected chi connectivity index (χ4v) is 0.764. The lowest BCUT2D eigenvalue weighted by Gasteiger charge is -2.01. The monoisotopic (exact) mass is 143 g/mol. The number of hydrogen-bond acceptors (Lipinski definition) is 3. The summed E-state index contributed by atoms with van der Waals surface area (Å²) in [7, 11) is 0. The molecule has 0 aromatic heterocycles. The molecule has 0 aromatic rings. The maximum absolute atomic E-state index is 10.1. The Hall–Kier alpha value is -1.06. The van der Waals surface area contributed by atoms with Gasteiger partial charge in [0.05, 0.1) is 6.54 Å². The first kappa shape index (κ1) is 7.05. The summed E-state index contributed by atoms with van der Waals surface area (Å²) in [6.07, 6.45) is -0.0426. The molecule has 0 amide bonds. The zero-order valence-electron chi connectivity index (χ0n) is 5.70. The minimum atomic E-state index is -0.896. The zero-order valence-corrected chi connectivity index (χ0v) is 5.70. The van der Waals surface area contributed by atoms with Gasteiger partial charge >= 0.3 is 5.97 Å². The second kappa shape index (κ2) is 2.68. The number of aliphatic imine (C=N–C) groups is 1. The topological polar surface area (TPSA) is 58.9 Å². The van der Waals surface area contributed by atoms with Crippen LogP contribution in [0.15, 0.2) is 4.99 Å². The van der Waals surface area contributed by atoms with Crippen LogP contribution < -0.4 is 0 Å². The maximum Gasteiger partial charge on any atom is 0.312 e. The van der Waals surface area contributed by atoms with E-state index in [-0.39, 0.29) is 12.5 Å². The summed E-state index contributed by atoms with van der Waals surface area (Å²) < 4.78 is 5.04. The van der Waals surface area contributed by atoms with Gasteiger partial charge in [-0.1, -0.05) is 0 Å². The first-order valence-electron chi connectivity index (χ1n) is 3.10. The Balaban J connectivity index is 2.37. The van der Waals surface area contributed by atoms with Crippen molar-refractivity contribution in [1.29, 1.82) is 0 Å². The van der Waals surface area contributed by atoms with E-state index in [1.54, 1.807) is 0 Å². The smallest absolute Gasteiger partial charge is 0.312 e. The quantitative estimate of drug-likeness (QED) is 0.604. The molecular weight excluding hydrogens is 134 g/mol.